The van der Waals surface area contributed by atoms with Crippen LogP contribution in [0.25, 0.3) is 11.1 Å². The van der Waals surface area contributed by atoms with E-state index in [2.05, 4.69) is 4.98 Å². The van der Waals surface area contributed by atoms with Crippen molar-refractivity contribution in [3.05, 3.63) is 66.1 Å². The molecule has 1 heterocycles. The van der Waals surface area contributed by atoms with Crippen LogP contribution in [-0.4, -0.2) is 11.0 Å². The molecule has 0 radical (unpaired) electrons. The predicted octanol–water partition coefficient (Wildman–Crippen LogP) is 4.06. The Morgan fingerprint density at radius 2 is 1.86 bits per heavy atom. The number of carbonyl (C=O) groups is 1. The first-order valence-corrected chi connectivity index (χ1v) is 7.31. The Balaban J connectivity index is 1.58. The smallest absolute Gasteiger partial charge is 0.306 e. The van der Waals surface area contributed by atoms with Crippen LogP contribution in [0, 0.1) is 0 Å². The first-order chi connectivity index (χ1) is 10.7. The quantitative estimate of drug-likeness (QED) is 0.666. The summed E-state index contributed by atoms with van der Waals surface area (Å²) in [6.07, 6.45) is 0.518. The molecule has 0 bridgehead atoms. The van der Waals surface area contributed by atoms with E-state index in [1.807, 2.05) is 54.6 Å². The number of benzene rings is 2. The average molecular weight is 295 g/mol. The number of ether oxygens (including phenoxy) is 1. The van der Waals surface area contributed by atoms with E-state index in [1.54, 1.807) is 6.92 Å². The highest BCUT2D eigenvalue weighted by Gasteiger charge is 2.17. The number of para-hydroxylation sites is 2. The topological polar surface area (TPSA) is 52.3 Å². The van der Waals surface area contributed by atoms with Crippen molar-refractivity contribution in [2.24, 2.45) is 0 Å². The SMILES string of the molecule is C[C@@H](OC(=O)CCc1ccccc1)c1nc2ccccc2o1. The number of esters is 1. The lowest BCUT2D eigenvalue weighted by atomic mass is 10.1. The molecule has 0 fully saturated rings. The molecule has 4 heteroatoms. The van der Waals surface area contributed by atoms with Crippen LogP contribution in [0.2, 0.25) is 0 Å². The zero-order valence-electron chi connectivity index (χ0n) is 12.4. The second-order valence-electron chi connectivity index (χ2n) is 5.14. The molecule has 22 heavy (non-hydrogen) atoms. The van der Waals surface area contributed by atoms with Crippen LogP contribution in [0.15, 0.2) is 59.0 Å². The molecule has 1 aromatic heterocycles. The third-order valence-corrected chi connectivity index (χ3v) is 3.43. The Labute approximate surface area is 128 Å². The van der Waals surface area contributed by atoms with E-state index in [9.17, 15) is 4.79 Å². The van der Waals surface area contributed by atoms with Gasteiger partial charge in [-0.15, -0.1) is 0 Å². The van der Waals surface area contributed by atoms with Crippen molar-refractivity contribution in [2.45, 2.75) is 25.9 Å². The first-order valence-electron chi connectivity index (χ1n) is 7.31. The molecule has 0 aliphatic heterocycles. The number of fused-ring (bicyclic) bond motifs is 1. The third kappa shape index (κ3) is 3.34. The van der Waals surface area contributed by atoms with E-state index in [0.29, 0.717) is 24.3 Å². The Morgan fingerprint density at radius 3 is 2.64 bits per heavy atom. The summed E-state index contributed by atoms with van der Waals surface area (Å²) in [5, 5.41) is 0. The van der Waals surface area contributed by atoms with Gasteiger partial charge < -0.3 is 9.15 Å². The van der Waals surface area contributed by atoms with Gasteiger partial charge in [-0.25, -0.2) is 4.98 Å². The van der Waals surface area contributed by atoms with E-state index >= 15 is 0 Å². The molecule has 3 aromatic rings. The van der Waals surface area contributed by atoms with E-state index in [0.717, 1.165) is 11.1 Å². The molecule has 0 saturated heterocycles. The van der Waals surface area contributed by atoms with E-state index < -0.39 is 6.10 Å². The van der Waals surface area contributed by atoms with E-state index in [4.69, 9.17) is 9.15 Å². The lowest BCUT2D eigenvalue weighted by Crippen LogP contribution is -2.10. The minimum absolute atomic E-state index is 0.251. The molecule has 0 amide bonds. The second-order valence-corrected chi connectivity index (χ2v) is 5.14. The monoisotopic (exact) mass is 295 g/mol. The molecule has 0 N–H and O–H groups in total. The number of nitrogens with zero attached hydrogens (tertiary/aromatic N) is 1. The minimum atomic E-state index is -0.490. The van der Waals surface area contributed by atoms with Gasteiger partial charge in [0, 0.05) is 6.42 Å². The molecular formula is C18H17NO3. The van der Waals surface area contributed by atoms with Crippen LogP contribution >= 0.6 is 0 Å². The standard InChI is InChI=1S/C18H17NO3/c1-13(18-19-15-9-5-6-10-16(15)22-18)21-17(20)12-11-14-7-3-2-4-8-14/h2-10,13H,11-12H2,1H3/t13-/m1/s1. The second kappa shape index (κ2) is 6.43. The van der Waals surface area contributed by atoms with Crippen LogP contribution in [0.3, 0.4) is 0 Å². The van der Waals surface area contributed by atoms with Gasteiger partial charge in [-0.2, -0.15) is 0 Å². The average Bonchev–Trinajstić information content (AvgIpc) is 2.98. The van der Waals surface area contributed by atoms with Crippen molar-refractivity contribution in [1.29, 1.82) is 0 Å². The normalized spacial score (nSPS) is 12.2. The van der Waals surface area contributed by atoms with Crippen molar-refractivity contribution in [3.63, 3.8) is 0 Å². The van der Waals surface area contributed by atoms with Crippen molar-refractivity contribution >= 4 is 17.1 Å². The molecule has 1 atom stereocenters. The lowest BCUT2D eigenvalue weighted by molar-refractivity contribution is -0.149. The molecule has 0 aliphatic rings. The molecule has 0 spiro atoms. The summed E-state index contributed by atoms with van der Waals surface area (Å²) in [6.45, 7) is 1.77. The Kier molecular flexibility index (Phi) is 4.19. The van der Waals surface area contributed by atoms with Gasteiger partial charge in [0.1, 0.15) is 5.52 Å². The number of carbonyl (C=O) groups excluding carboxylic acids is 1. The zero-order valence-corrected chi connectivity index (χ0v) is 12.4. The lowest BCUT2D eigenvalue weighted by Gasteiger charge is -2.09. The zero-order chi connectivity index (χ0) is 15.4. The van der Waals surface area contributed by atoms with Gasteiger partial charge in [0.25, 0.3) is 0 Å². The Morgan fingerprint density at radius 1 is 1.14 bits per heavy atom. The summed E-state index contributed by atoms with van der Waals surface area (Å²) in [7, 11) is 0. The van der Waals surface area contributed by atoms with Gasteiger partial charge >= 0.3 is 5.97 Å². The van der Waals surface area contributed by atoms with E-state index in [-0.39, 0.29) is 5.97 Å². The maximum Gasteiger partial charge on any atom is 0.306 e. The first kappa shape index (κ1) is 14.3. The number of oxazole rings is 1. The van der Waals surface area contributed by atoms with Crippen LogP contribution in [0.5, 0.6) is 0 Å². The third-order valence-electron chi connectivity index (χ3n) is 3.43. The Bertz CT molecular complexity index is 731. The fraction of sp³-hybridized carbons (Fsp3) is 0.222. The highest BCUT2D eigenvalue weighted by atomic mass is 16.6. The number of hydrogen-bond acceptors (Lipinski definition) is 4. The molecule has 0 unspecified atom stereocenters. The maximum absolute atomic E-state index is 11.9. The molecule has 2 aromatic carbocycles. The molecule has 112 valence electrons. The number of aryl methyl sites for hydroxylation is 1. The fourth-order valence-corrected chi connectivity index (χ4v) is 2.26. The maximum atomic E-state index is 11.9. The van der Waals surface area contributed by atoms with Crippen LogP contribution < -0.4 is 0 Å². The highest BCUT2D eigenvalue weighted by molar-refractivity contribution is 5.72. The van der Waals surface area contributed by atoms with Crippen molar-refractivity contribution < 1.29 is 13.9 Å². The van der Waals surface area contributed by atoms with Gasteiger partial charge in [0.2, 0.25) is 5.89 Å². The summed E-state index contributed by atoms with van der Waals surface area (Å²) < 4.78 is 11.0. The largest absolute Gasteiger partial charge is 0.453 e. The minimum Gasteiger partial charge on any atom is -0.453 e. The van der Waals surface area contributed by atoms with Crippen molar-refractivity contribution in [3.8, 4) is 0 Å². The molecular weight excluding hydrogens is 278 g/mol. The van der Waals surface area contributed by atoms with Crippen LogP contribution in [0.1, 0.15) is 30.9 Å². The summed E-state index contributed by atoms with van der Waals surface area (Å²) in [5.41, 5.74) is 2.59. The summed E-state index contributed by atoms with van der Waals surface area (Å²) in [4.78, 5) is 16.3. The molecule has 4 nitrogen and oxygen atoms in total. The number of rotatable bonds is 5. The highest BCUT2D eigenvalue weighted by Crippen LogP contribution is 2.22. The van der Waals surface area contributed by atoms with Gasteiger partial charge in [-0.05, 0) is 31.0 Å². The summed E-state index contributed by atoms with van der Waals surface area (Å²) >= 11 is 0. The van der Waals surface area contributed by atoms with Gasteiger partial charge in [-0.3, -0.25) is 4.79 Å². The summed E-state index contributed by atoms with van der Waals surface area (Å²) in [6, 6.07) is 17.4. The molecule has 3 rings (SSSR count). The number of hydrogen-bond donors (Lipinski definition) is 0. The van der Waals surface area contributed by atoms with Gasteiger partial charge in [0.15, 0.2) is 11.7 Å². The van der Waals surface area contributed by atoms with E-state index in [1.165, 1.54) is 0 Å². The molecule has 0 aliphatic carbocycles. The van der Waals surface area contributed by atoms with Crippen molar-refractivity contribution in [2.75, 3.05) is 0 Å². The predicted molar refractivity (Wildman–Crippen MR) is 83.3 cm³/mol. The van der Waals surface area contributed by atoms with Gasteiger partial charge in [0.05, 0.1) is 0 Å². The fourth-order valence-electron chi connectivity index (χ4n) is 2.26. The van der Waals surface area contributed by atoms with Crippen molar-refractivity contribution in [1.82, 2.24) is 4.98 Å². The van der Waals surface area contributed by atoms with Gasteiger partial charge in [-0.1, -0.05) is 42.5 Å². The Hall–Kier alpha value is -2.62. The van der Waals surface area contributed by atoms with Crippen LogP contribution in [0.4, 0.5) is 0 Å². The number of aromatic nitrogens is 1. The van der Waals surface area contributed by atoms with Crippen LogP contribution in [-0.2, 0) is 16.0 Å². The molecule has 0 saturated carbocycles. The summed E-state index contributed by atoms with van der Waals surface area (Å²) in [5.74, 6) is 0.174.